The predicted molar refractivity (Wildman–Crippen MR) is 77.8 cm³/mol. The summed E-state index contributed by atoms with van der Waals surface area (Å²) in [5.74, 6) is -0.224. The summed E-state index contributed by atoms with van der Waals surface area (Å²) >= 11 is 0. The lowest BCUT2D eigenvalue weighted by molar-refractivity contribution is -0.183. The fourth-order valence-electron chi connectivity index (χ4n) is 2.48. The van der Waals surface area contributed by atoms with Gasteiger partial charge in [0.2, 0.25) is 0 Å². The third-order valence-electron chi connectivity index (χ3n) is 4.09. The molecule has 1 rings (SSSR count). The molecule has 20 heavy (non-hydrogen) atoms. The molecule has 0 aliphatic heterocycles. The number of halogens is 1. The van der Waals surface area contributed by atoms with Crippen LogP contribution in [0.3, 0.4) is 0 Å². The Hall–Kier alpha value is -1.01. The van der Waals surface area contributed by atoms with Crippen LogP contribution in [0, 0.1) is 5.82 Å². The number of nitrogens with two attached hydrogens (primary N) is 1. The van der Waals surface area contributed by atoms with E-state index < -0.39 is 11.8 Å². The standard InChI is InChI=1S/C15H25FN2O2/c1-11(12-8-6-7-9-13(12)16)18(3)15(2,10-17)14(19-4)20-5/h6-9,11,14H,10,17H2,1-5H3. The van der Waals surface area contributed by atoms with E-state index in [0.717, 1.165) is 0 Å². The summed E-state index contributed by atoms with van der Waals surface area (Å²) in [6.07, 6.45) is -0.494. The Balaban J connectivity index is 3.07. The second-order valence-electron chi connectivity index (χ2n) is 5.17. The van der Waals surface area contributed by atoms with Gasteiger partial charge < -0.3 is 15.2 Å². The molecule has 0 heterocycles. The second-order valence-corrected chi connectivity index (χ2v) is 5.17. The highest BCUT2D eigenvalue weighted by Crippen LogP contribution is 2.30. The van der Waals surface area contributed by atoms with Gasteiger partial charge in [0, 0.05) is 32.4 Å². The summed E-state index contributed by atoms with van der Waals surface area (Å²) in [6.45, 7) is 4.21. The van der Waals surface area contributed by atoms with Crippen LogP contribution in [-0.4, -0.2) is 44.5 Å². The molecular formula is C15H25FN2O2. The fraction of sp³-hybridized carbons (Fsp3) is 0.600. The molecule has 5 heteroatoms. The average Bonchev–Trinajstić information content (AvgIpc) is 2.47. The van der Waals surface area contributed by atoms with Crippen LogP contribution < -0.4 is 5.73 Å². The van der Waals surface area contributed by atoms with Gasteiger partial charge in [-0.1, -0.05) is 18.2 Å². The number of hydrogen-bond acceptors (Lipinski definition) is 4. The minimum Gasteiger partial charge on any atom is -0.354 e. The van der Waals surface area contributed by atoms with Gasteiger partial charge in [0.05, 0.1) is 5.54 Å². The van der Waals surface area contributed by atoms with Gasteiger partial charge in [-0.15, -0.1) is 0 Å². The molecule has 0 saturated carbocycles. The maximum Gasteiger partial charge on any atom is 0.176 e. The van der Waals surface area contributed by atoms with Crippen LogP contribution in [0.4, 0.5) is 4.39 Å². The van der Waals surface area contributed by atoms with Gasteiger partial charge in [0.25, 0.3) is 0 Å². The third kappa shape index (κ3) is 3.17. The smallest absolute Gasteiger partial charge is 0.176 e. The van der Waals surface area contributed by atoms with E-state index in [1.807, 2.05) is 31.9 Å². The normalized spacial score (nSPS) is 16.4. The van der Waals surface area contributed by atoms with Gasteiger partial charge in [-0.2, -0.15) is 0 Å². The van der Waals surface area contributed by atoms with Crippen molar-refractivity contribution in [2.24, 2.45) is 5.73 Å². The summed E-state index contributed by atoms with van der Waals surface area (Å²) in [7, 11) is 5.04. The fourth-order valence-corrected chi connectivity index (χ4v) is 2.48. The van der Waals surface area contributed by atoms with Crippen molar-refractivity contribution in [1.29, 1.82) is 0 Å². The van der Waals surface area contributed by atoms with Gasteiger partial charge in [-0.05, 0) is 27.0 Å². The van der Waals surface area contributed by atoms with E-state index in [4.69, 9.17) is 15.2 Å². The predicted octanol–water partition coefficient (Wildman–Crippen LogP) is 2.15. The zero-order valence-electron chi connectivity index (χ0n) is 12.9. The second kappa shape index (κ2) is 7.13. The van der Waals surface area contributed by atoms with Crippen molar-refractivity contribution in [3.05, 3.63) is 35.6 Å². The first-order valence-corrected chi connectivity index (χ1v) is 6.65. The number of nitrogens with zero attached hydrogens (tertiary/aromatic N) is 1. The van der Waals surface area contributed by atoms with Crippen molar-refractivity contribution in [1.82, 2.24) is 4.90 Å². The van der Waals surface area contributed by atoms with Crippen molar-refractivity contribution < 1.29 is 13.9 Å². The molecule has 2 unspecified atom stereocenters. The van der Waals surface area contributed by atoms with Gasteiger partial charge >= 0.3 is 0 Å². The molecule has 0 saturated heterocycles. The minimum atomic E-state index is -0.564. The Labute approximate surface area is 120 Å². The molecule has 0 bridgehead atoms. The first kappa shape index (κ1) is 17.0. The Bertz CT molecular complexity index is 426. The molecule has 114 valence electrons. The maximum atomic E-state index is 13.9. The average molecular weight is 284 g/mol. The van der Waals surface area contributed by atoms with Crippen molar-refractivity contribution in [3.8, 4) is 0 Å². The van der Waals surface area contributed by atoms with E-state index in [1.165, 1.54) is 6.07 Å². The van der Waals surface area contributed by atoms with E-state index in [9.17, 15) is 4.39 Å². The Morgan fingerprint density at radius 1 is 1.30 bits per heavy atom. The lowest BCUT2D eigenvalue weighted by atomic mass is 9.95. The molecule has 0 amide bonds. The summed E-state index contributed by atoms with van der Waals surface area (Å²) in [6, 6.07) is 6.59. The Morgan fingerprint density at radius 3 is 2.30 bits per heavy atom. The molecule has 0 aliphatic rings. The molecule has 0 radical (unpaired) electrons. The first-order valence-electron chi connectivity index (χ1n) is 6.65. The lowest BCUT2D eigenvalue weighted by Crippen LogP contribution is -2.59. The number of hydrogen-bond donors (Lipinski definition) is 1. The monoisotopic (exact) mass is 284 g/mol. The van der Waals surface area contributed by atoms with Gasteiger partial charge in [0.1, 0.15) is 5.82 Å². The topological polar surface area (TPSA) is 47.7 Å². The Kier molecular flexibility index (Phi) is 6.07. The van der Waals surface area contributed by atoms with E-state index in [2.05, 4.69) is 0 Å². The minimum absolute atomic E-state index is 0.155. The number of ether oxygens (including phenoxy) is 2. The van der Waals surface area contributed by atoms with Crippen LogP contribution in [0.5, 0.6) is 0 Å². The molecule has 0 fully saturated rings. The number of benzene rings is 1. The molecule has 0 spiro atoms. The zero-order valence-corrected chi connectivity index (χ0v) is 12.9. The van der Waals surface area contributed by atoms with Crippen LogP contribution in [0.25, 0.3) is 0 Å². The van der Waals surface area contributed by atoms with Gasteiger partial charge in [-0.25, -0.2) is 4.39 Å². The summed E-state index contributed by atoms with van der Waals surface area (Å²) in [5, 5.41) is 0. The number of methoxy groups -OCH3 is 2. The molecule has 1 aromatic carbocycles. The molecule has 0 aliphatic carbocycles. The van der Waals surface area contributed by atoms with E-state index >= 15 is 0 Å². The molecule has 0 aromatic heterocycles. The van der Waals surface area contributed by atoms with E-state index in [1.54, 1.807) is 26.4 Å². The van der Waals surface area contributed by atoms with E-state index in [-0.39, 0.29) is 11.9 Å². The third-order valence-corrected chi connectivity index (χ3v) is 4.09. The largest absolute Gasteiger partial charge is 0.354 e. The van der Waals surface area contributed by atoms with Gasteiger partial charge in [0.15, 0.2) is 6.29 Å². The summed E-state index contributed by atoms with van der Waals surface area (Å²) in [4.78, 5) is 1.99. The van der Waals surface area contributed by atoms with Crippen molar-refractivity contribution in [3.63, 3.8) is 0 Å². The highest BCUT2D eigenvalue weighted by atomic mass is 19.1. The molecule has 1 aromatic rings. The van der Waals surface area contributed by atoms with Crippen molar-refractivity contribution >= 4 is 0 Å². The quantitative estimate of drug-likeness (QED) is 0.779. The Morgan fingerprint density at radius 2 is 1.85 bits per heavy atom. The van der Waals surface area contributed by atoms with Crippen LogP contribution >= 0.6 is 0 Å². The molecule has 2 atom stereocenters. The molecule has 2 N–H and O–H groups in total. The molecule has 4 nitrogen and oxygen atoms in total. The van der Waals surface area contributed by atoms with E-state index in [0.29, 0.717) is 12.1 Å². The lowest BCUT2D eigenvalue weighted by Gasteiger charge is -2.45. The van der Waals surface area contributed by atoms with Crippen LogP contribution in [0.2, 0.25) is 0 Å². The number of rotatable bonds is 7. The highest BCUT2D eigenvalue weighted by Gasteiger charge is 2.40. The van der Waals surface area contributed by atoms with Gasteiger partial charge in [-0.3, -0.25) is 4.90 Å². The van der Waals surface area contributed by atoms with Crippen molar-refractivity contribution in [2.45, 2.75) is 31.7 Å². The highest BCUT2D eigenvalue weighted by molar-refractivity contribution is 5.21. The SMILES string of the molecule is COC(OC)C(C)(CN)N(C)C(C)c1ccccc1F. The van der Waals surface area contributed by atoms with Crippen LogP contribution in [0.15, 0.2) is 24.3 Å². The van der Waals surface area contributed by atoms with Crippen molar-refractivity contribution in [2.75, 3.05) is 27.8 Å². The zero-order chi connectivity index (χ0) is 15.3. The first-order chi connectivity index (χ1) is 9.42. The maximum absolute atomic E-state index is 13.9. The number of likely N-dealkylation sites (N-methyl/N-ethyl adjacent to an activating group) is 1. The summed E-state index contributed by atoms with van der Waals surface area (Å²) in [5.41, 5.74) is 5.98. The molecular weight excluding hydrogens is 259 g/mol. The summed E-state index contributed by atoms with van der Waals surface area (Å²) < 4.78 is 24.6. The van der Waals surface area contributed by atoms with Crippen LogP contribution in [-0.2, 0) is 9.47 Å². The van der Waals surface area contributed by atoms with Crippen LogP contribution in [0.1, 0.15) is 25.5 Å².